The van der Waals surface area contributed by atoms with Gasteiger partial charge in [0.05, 0.1) is 39.6 Å². The van der Waals surface area contributed by atoms with Crippen molar-refractivity contribution >= 4 is 82.2 Å². The highest BCUT2D eigenvalue weighted by Crippen LogP contribution is 2.60. The van der Waals surface area contributed by atoms with Crippen molar-refractivity contribution in [2.45, 2.75) is 213 Å². The summed E-state index contributed by atoms with van der Waals surface area (Å²) in [4.78, 5) is 73.1. The highest BCUT2D eigenvalue weighted by atomic mass is 35.5. The maximum absolute atomic E-state index is 14.6. The summed E-state index contributed by atoms with van der Waals surface area (Å²) in [6.07, 6.45) is -110. The van der Waals surface area contributed by atoms with Gasteiger partial charge in [0.15, 0.2) is 0 Å². The molecule has 0 aliphatic rings. The van der Waals surface area contributed by atoms with Gasteiger partial charge in [-0.3, -0.25) is 23.7 Å². The number of esters is 6. The van der Waals surface area contributed by atoms with E-state index in [1.165, 1.54) is 13.8 Å². The molecule has 0 radical (unpaired) electrons. The molecule has 0 spiro atoms. The number of hydrogen-bond donors (Lipinski definition) is 1. The fourth-order valence-electron chi connectivity index (χ4n) is 7.54. The van der Waals surface area contributed by atoms with Crippen LogP contribution in [-0.4, -0.2) is 230 Å². The zero-order valence-electron chi connectivity index (χ0n) is 65.1. The van der Waals surface area contributed by atoms with E-state index in [4.69, 9.17) is 0 Å². The second kappa shape index (κ2) is 45.6. The molecule has 822 valence electrons. The van der Waals surface area contributed by atoms with E-state index in [2.05, 4.69) is 122 Å². The Labute approximate surface area is 766 Å². The zero-order chi connectivity index (χ0) is 110. The minimum Gasteiger partial charge on any atom is -0.507 e. The Morgan fingerprint density at radius 3 is 0.567 bits per heavy atom. The average Bonchev–Trinajstić information content (AvgIpc) is 0.834. The minimum atomic E-state index is -7.48. The molecule has 0 saturated heterocycles. The van der Waals surface area contributed by atoms with Gasteiger partial charge < -0.3 is 57.2 Å². The number of aromatic hydroxyl groups is 1. The third kappa shape index (κ3) is 30.5. The van der Waals surface area contributed by atoms with Crippen LogP contribution < -0.4 is 23.7 Å². The van der Waals surface area contributed by atoms with E-state index in [-0.39, 0.29) is 41.0 Å². The largest absolute Gasteiger partial charge is 0.507 e. The van der Waals surface area contributed by atoms with Crippen LogP contribution in [0.4, 0.5) is 220 Å². The van der Waals surface area contributed by atoms with Crippen molar-refractivity contribution in [2.24, 2.45) is 0 Å². The monoisotopic (exact) mass is 2280 g/mol. The summed E-state index contributed by atoms with van der Waals surface area (Å²) in [6, 6.07) is -1.99. The number of hydrogen-bond acceptors (Lipinski definition) is 23. The fourth-order valence-corrected chi connectivity index (χ4v) is 8.09. The predicted octanol–water partition coefficient (Wildman–Crippen LogP) is 25.4. The predicted molar refractivity (Wildman–Crippen MR) is 354 cm³/mol. The normalized spacial score (nSPS) is 15.5. The van der Waals surface area contributed by atoms with Crippen molar-refractivity contribution in [2.75, 3.05) is 39.6 Å². The van der Waals surface area contributed by atoms with Crippen LogP contribution in [-0.2, 0) is 52.1 Å². The van der Waals surface area contributed by atoms with E-state index in [9.17, 15) is 253 Å². The number of benzene rings is 3. The summed E-state index contributed by atoms with van der Waals surface area (Å²) >= 11 is 17.3. The third-order valence-corrected chi connectivity index (χ3v) is 15.1. The Morgan fingerprint density at radius 2 is 0.397 bits per heavy atom. The van der Waals surface area contributed by atoms with Crippen LogP contribution in [0.2, 0.25) is 0 Å². The Balaban J connectivity index is -0.00000204. The number of phenolic OH excluding ortho intramolecular Hbond substituents is 1. The van der Waals surface area contributed by atoms with Crippen LogP contribution in [0.1, 0.15) is 126 Å². The molecule has 0 saturated carbocycles. The van der Waals surface area contributed by atoms with Gasteiger partial charge in [-0.25, -0.2) is 33.2 Å². The fraction of sp³-hybridized carbons (Fsp3) is 0.625. The lowest BCUT2D eigenvalue weighted by Crippen LogP contribution is -2.59. The maximum Gasteiger partial charge on any atom is 0.476 e. The molecular weight excluding hydrogens is 2230 g/mol. The van der Waals surface area contributed by atoms with E-state index >= 15 is 0 Å². The lowest BCUT2D eigenvalue weighted by atomic mass is 10.1. The van der Waals surface area contributed by atoms with Crippen molar-refractivity contribution in [3.63, 3.8) is 0 Å². The number of ether oxygens (including phenoxy) is 16. The molecule has 3 aromatic carbocycles. The van der Waals surface area contributed by atoms with Gasteiger partial charge in [0.25, 0.3) is 0 Å². The number of rotatable bonds is 42. The van der Waals surface area contributed by atoms with E-state index in [0.717, 1.165) is 27.7 Å². The van der Waals surface area contributed by atoms with Crippen LogP contribution in [0.25, 0.3) is 0 Å². The maximum atomic E-state index is 14.6. The minimum absolute atomic E-state index is 0. The Kier molecular flexibility index (Phi) is 43.9. The molecule has 0 fully saturated rings. The molecule has 23 nitrogen and oxygen atoms in total. The van der Waals surface area contributed by atoms with Gasteiger partial charge in [-0.15, -0.1) is 0 Å². The number of alkyl halides is 54. The quantitative estimate of drug-likeness (QED) is 0.0239. The number of carbonyl (C=O) groups is 6. The van der Waals surface area contributed by atoms with Gasteiger partial charge in [0, 0.05) is 0 Å². The van der Waals surface area contributed by atoms with Gasteiger partial charge in [-0.1, -0.05) is 22.3 Å². The first-order valence-electron chi connectivity index (χ1n) is 33.2. The smallest absolute Gasteiger partial charge is 0.476 e. The molecule has 141 heavy (non-hydrogen) atoms. The molecule has 0 amide bonds. The molecular formula is C64H50Cl4F50O23. The standard InChI is InChI=1S/C22H12Cl2F20O8.C22H13ClF20O8.C17H13ClF10O7.3CH4/c1-3-47-11(45)7-5-10(50-22(43,44)16(24,30)52-20(39,40)14(27,28)18(34,35)36)8(12(46)48-4-2)6-9(7)49-21(41,42)15(23,29)51-19(37,38)13(25,26)17(31,32)33;1-3-46-11(44)7-6-10(49-22(42,43)17(23,31)51-21(40,41)16(29,30)19(35,36)37)8(12(45)47-4-2)5-9(7)48-14(25,26)13(24)50-20(38,39)15(27,28)18(32,33)34;1-3-32-11(30)7-6-10(8(5-9(7)29)12(31)33-4-2)34-17(27,28)14(18,21)35-16(25,26)13(19,20)15(22,23)24;;;/h5-6H,3-4H2,1-2H3;5-6,13H,3-4H2,1-2H3;5-6,29H,3-4H2,1-2H3;3*1H4. The van der Waals surface area contributed by atoms with Gasteiger partial charge in [-0.2, -0.15) is 215 Å². The van der Waals surface area contributed by atoms with E-state index < -0.39 is 310 Å². The van der Waals surface area contributed by atoms with Crippen LogP contribution in [0.5, 0.6) is 34.5 Å². The van der Waals surface area contributed by atoms with Crippen molar-refractivity contribution in [3.8, 4) is 34.5 Å². The first kappa shape index (κ1) is 136. The molecule has 3 rings (SSSR count). The van der Waals surface area contributed by atoms with Gasteiger partial charge in [0.1, 0.15) is 67.9 Å². The molecule has 0 aliphatic heterocycles. The zero-order valence-corrected chi connectivity index (χ0v) is 68.1. The number of phenols is 1. The lowest BCUT2D eigenvalue weighted by Gasteiger charge is -2.34. The summed E-state index contributed by atoms with van der Waals surface area (Å²) in [5.74, 6) is -60.7. The van der Waals surface area contributed by atoms with Crippen molar-refractivity contribution in [1.29, 1.82) is 0 Å². The van der Waals surface area contributed by atoms with Crippen molar-refractivity contribution < 1.29 is 329 Å². The average molecular weight is 2280 g/mol. The van der Waals surface area contributed by atoms with Crippen molar-refractivity contribution in [1.82, 2.24) is 0 Å². The third-order valence-electron chi connectivity index (χ3n) is 13.9. The lowest BCUT2D eigenvalue weighted by molar-refractivity contribution is -0.470. The molecule has 5 atom stereocenters. The van der Waals surface area contributed by atoms with Gasteiger partial charge in [0.2, 0.25) is 0 Å². The summed E-state index contributed by atoms with van der Waals surface area (Å²) in [7, 11) is 0. The highest BCUT2D eigenvalue weighted by molar-refractivity contribution is 6.23. The summed E-state index contributed by atoms with van der Waals surface area (Å²) < 4.78 is 720. The summed E-state index contributed by atoms with van der Waals surface area (Å²) in [5, 5.41) is -15.2. The molecule has 0 aliphatic carbocycles. The Hall–Kier alpha value is -9.26. The Morgan fingerprint density at radius 1 is 0.248 bits per heavy atom. The van der Waals surface area contributed by atoms with E-state index in [1.807, 2.05) is 0 Å². The molecule has 3 aromatic rings. The number of carbonyl (C=O) groups excluding carboxylic acids is 6. The van der Waals surface area contributed by atoms with Gasteiger partial charge >= 0.3 is 185 Å². The summed E-state index contributed by atoms with van der Waals surface area (Å²) in [5.41, 5.74) is -10.2. The van der Waals surface area contributed by atoms with E-state index in [1.54, 1.807) is 0 Å². The molecule has 5 unspecified atom stereocenters. The SMILES string of the molecule is C.C.C.CCOC(=O)c1cc(OC(F)(F)C(F)(Cl)OC(F)(F)C(F)(F)C(F)(F)F)c(C(=O)OCC)cc1O.CCOC(=O)c1cc(OC(F)(F)C(F)(Cl)OC(F)(F)C(F)(F)C(F)(F)F)c(C(=O)OCC)cc1OC(F)(F)C(F)(Cl)OC(F)(F)C(F)(F)C(F)(F)F.CCOC(=O)c1cc(OC(F)(F)C(F)(Cl)OC(F)(F)C(F)(F)C(F)(F)F)c(C(=O)OCC)cc1OC(F)(F)C(F)OC(F)(F)C(F)(F)C(F)(F)F. The molecule has 77 heteroatoms. The van der Waals surface area contributed by atoms with Crippen LogP contribution in [0.15, 0.2) is 36.4 Å². The van der Waals surface area contributed by atoms with Crippen molar-refractivity contribution in [3.05, 3.63) is 69.8 Å². The van der Waals surface area contributed by atoms with E-state index in [0.29, 0.717) is 0 Å². The molecule has 0 aromatic heterocycles. The summed E-state index contributed by atoms with van der Waals surface area (Å²) in [6.45, 7) is 1.65. The van der Waals surface area contributed by atoms with Crippen LogP contribution in [0.3, 0.4) is 0 Å². The van der Waals surface area contributed by atoms with Crippen LogP contribution in [0, 0.1) is 0 Å². The Bertz CT molecular complexity index is 4620. The van der Waals surface area contributed by atoms with Gasteiger partial charge in [-0.05, 0) is 124 Å². The number of halogens is 54. The first-order valence-corrected chi connectivity index (χ1v) is 34.8. The molecule has 0 heterocycles. The first-order chi connectivity index (χ1) is 60.9. The van der Waals surface area contributed by atoms with Crippen LogP contribution >= 0.6 is 46.4 Å². The topological polar surface area (TPSA) is 270 Å². The second-order valence-corrected chi connectivity index (χ2v) is 25.8. The molecule has 1 N–H and O–H groups in total. The molecule has 0 bridgehead atoms. The highest BCUT2D eigenvalue weighted by Gasteiger charge is 2.84. The second-order valence-electron chi connectivity index (χ2n) is 23.9.